The van der Waals surface area contributed by atoms with Crippen LogP contribution in [0.15, 0.2) is 24.3 Å². The second-order valence-corrected chi connectivity index (χ2v) is 4.55. The third kappa shape index (κ3) is 2.51. The molecule has 0 amide bonds. The van der Waals surface area contributed by atoms with Gasteiger partial charge in [-0.1, -0.05) is 26.0 Å². The van der Waals surface area contributed by atoms with Crippen molar-refractivity contribution >= 4 is 0 Å². The van der Waals surface area contributed by atoms with Gasteiger partial charge in [0.15, 0.2) is 5.82 Å². The van der Waals surface area contributed by atoms with Gasteiger partial charge >= 0.3 is 0 Å². The fourth-order valence-corrected chi connectivity index (χ4v) is 1.63. The predicted octanol–water partition coefficient (Wildman–Crippen LogP) is 2.14. The summed E-state index contributed by atoms with van der Waals surface area (Å²) >= 11 is 0. The number of nitrogens with one attached hydrogen (secondary N) is 1. The van der Waals surface area contributed by atoms with Crippen molar-refractivity contribution in [2.45, 2.75) is 19.9 Å². The normalized spacial score (nSPS) is 12.7. The van der Waals surface area contributed by atoms with Gasteiger partial charge in [0.25, 0.3) is 0 Å². The molecule has 0 saturated heterocycles. The standard InChI is InChI=1S/C13H18N4O/c1-8(2)11(14)13-15-12(16-17-13)9-5-4-6-10(7-9)18-3/h4-8,11H,14H2,1-3H3,(H,15,16,17)/t11-/m0/s1. The molecule has 1 atom stereocenters. The van der Waals surface area contributed by atoms with E-state index in [0.717, 1.165) is 11.3 Å². The number of benzene rings is 1. The van der Waals surface area contributed by atoms with Gasteiger partial charge in [0.2, 0.25) is 0 Å². The maximum absolute atomic E-state index is 6.03. The maximum Gasteiger partial charge on any atom is 0.181 e. The first-order valence-electron chi connectivity index (χ1n) is 5.94. The smallest absolute Gasteiger partial charge is 0.181 e. The van der Waals surface area contributed by atoms with Crippen LogP contribution in [0.3, 0.4) is 0 Å². The highest BCUT2D eigenvalue weighted by Gasteiger charge is 2.15. The number of methoxy groups -OCH3 is 1. The van der Waals surface area contributed by atoms with Crippen LogP contribution in [0.25, 0.3) is 11.4 Å². The lowest BCUT2D eigenvalue weighted by molar-refractivity contribution is 0.415. The van der Waals surface area contributed by atoms with Gasteiger partial charge in [-0.3, -0.25) is 5.10 Å². The van der Waals surface area contributed by atoms with E-state index in [9.17, 15) is 0 Å². The van der Waals surface area contributed by atoms with Crippen LogP contribution in [0.5, 0.6) is 5.75 Å². The number of H-pyrrole nitrogens is 1. The maximum atomic E-state index is 6.03. The third-order valence-electron chi connectivity index (χ3n) is 2.86. The molecule has 0 fully saturated rings. The highest BCUT2D eigenvalue weighted by Crippen LogP contribution is 2.22. The Morgan fingerprint density at radius 3 is 2.78 bits per heavy atom. The van der Waals surface area contributed by atoms with Gasteiger partial charge in [0.1, 0.15) is 11.6 Å². The lowest BCUT2D eigenvalue weighted by atomic mass is 10.1. The Kier molecular flexibility index (Phi) is 3.62. The monoisotopic (exact) mass is 246 g/mol. The lowest BCUT2D eigenvalue weighted by Gasteiger charge is -2.11. The van der Waals surface area contributed by atoms with Crippen molar-refractivity contribution in [3.8, 4) is 17.1 Å². The van der Waals surface area contributed by atoms with Crippen LogP contribution < -0.4 is 10.5 Å². The first-order valence-corrected chi connectivity index (χ1v) is 5.94. The van der Waals surface area contributed by atoms with E-state index >= 15 is 0 Å². The first kappa shape index (κ1) is 12.6. The van der Waals surface area contributed by atoms with Crippen molar-refractivity contribution in [3.63, 3.8) is 0 Å². The quantitative estimate of drug-likeness (QED) is 0.866. The number of hydrogen-bond donors (Lipinski definition) is 2. The molecule has 3 N–H and O–H groups in total. The van der Waals surface area contributed by atoms with Gasteiger partial charge < -0.3 is 10.5 Å². The molecule has 96 valence electrons. The minimum Gasteiger partial charge on any atom is -0.497 e. The first-order chi connectivity index (χ1) is 8.61. The van der Waals surface area contributed by atoms with Crippen molar-refractivity contribution in [1.82, 2.24) is 15.2 Å². The number of nitrogens with two attached hydrogens (primary N) is 1. The molecular weight excluding hydrogens is 228 g/mol. The third-order valence-corrected chi connectivity index (χ3v) is 2.86. The fraction of sp³-hybridized carbons (Fsp3) is 0.385. The van der Waals surface area contributed by atoms with Crippen LogP contribution in [0.1, 0.15) is 25.7 Å². The highest BCUT2D eigenvalue weighted by molar-refractivity contribution is 5.57. The van der Waals surface area contributed by atoms with Crippen molar-refractivity contribution in [3.05, 3.63) is 30.1 Å². The minimum absolute atomic E-state index is 0.128. The highest BCUT2D eigenvalue weighted by atomic mass is 16.5. The average Bonchev–Trinajstić information content (AvgIpc) is 2.87. The van der Waals surface area contributed by atoms with Gasteiger partial charge in [0.05, 0.1) is 13.2 Å². The van der Waals surface area contributed by atoms with Gasteiger partial charge in [-0.2, -0.15) is 5.10 Å². The van der Waals surface area contributed by atoms with Gasteiger partial charge in [0, 0.05) is 5.56 Å². The molecule has 0 aliphatic heterocycles. The molecule has 5 heteroatoms. The Morgan fingerprint density at radius 1 is 1.33 bits per heavy atom. The second kappa shape index (κ2) is 5.18. The molecule has 18 heavy (non-hydrogen) atoms. The molecule has 1 aromatic carbocycles. The van der Waals surface area contributed by atoms with E-state index in [1.165, 1.54) is 0 Å². The Hall–Kier alpha value is -1.88. The Morgan fingerprint density at radius 2 is 2.11 bits per heavy atom. The zero-order valence-electron chi connectivity index (χ0n) is 10.8. The summed E-state index contributed by atoms with van der Waals surface area (Å²) in [6, 6.07) is 7.50. The Balaban J connectivity index is 2.29. The molecule has 2 aromatic rings. The minimum atomic E-state index is -0.128. The number of nitrogens with zero attached hydrogens (tertiary/aromatic N) is 2. The number of ether oxygens (including phenoxy) is 1. The Labute approximate surface area is 106 Å². The lowest BCUT2D eigenvalue weighted by Crippen LogP contribution is -2.18. The number of rotatable bonds is 4. The van der Waals surface area contributed by atoms with Crippen LogP contribution in [-0.2, 0) is 0 Å². The zero-order chi connectivity index (χ0) is 13.1. The van der Waals surface area contributed by atoms with Crippen LogP contribution in [0.2, 0.25) is 0 Å². The van der Waals surface area contributed by atoms with E-state index in [-0.39, 0.29) is 6.04 Å². The fourth-order valence-electron chi connectivity index (χ4n) is 1.63. The van der Waals surface area contributed by atoms with Gasteiger partial charge in [-0.25, -0.2) is 4.98 Å². The number of hydrogen-bond acceptors (Lipinski definition) is 4. The molecule has 0 aliphatic rings. The molecule has 1 heterocycles. The summed E-state index contributed by atoms with van der Waals surface area (Å²) in [4.78, 5) is 4.43. The largest absolute Gasteiger partial charge is 0.497 e. The van der Waals surface area contributed by atoms with Crippen molar-refractivity contribution in [2.24, 2.45) is 11.7 Å². The number of aromatic amines is 1. The van der Waals surface area contributed by atoms with Crippen LogP contribution in [0.4, 0.5) is 0 Å². The van der Waals surface area contributed by atoms with E-state index in [2.05, 4.69) is 29.0 Å². The number of aromatic nitrogens is 3. The Bertz CT molecular complexity index is 521. The van der Waals surface area contributed by atoms with E-state index in [4.69, 9.17) is 10.5 Å². The second-order valence-electron chi connectivity index (χ2n) is 4.55. The molecular formula is C13H18N4O. The molecule has 5 nitrogen and oxygen atoms in total. The SMILES string of the molecule is COc1cccc(-c2n[nH]c([C@@H](N)C(C)C)n2)c1. The van der Waals surface area contributed by atoms with Gasteiger partial charge in [-0.05, 0) is 18.1 Å². The molecule has 0 bridgehead atoms. The zero-order valence-corrected chi connectivity index (χ0v) is 10.8. The summed E-state index contributed by atoms with van der Waals surface area (Å²) in [7, 11) is 1.64. The topological polar surface area (TPSA) is 76.8 Å². The molecule has 0 radical (unpaired) electrons. The van der Waals surface area contributed by atoms with Crippen LogP contribution in [0, 0.1) is 5.92 Å². The van der Waals surface area contributed by atoms with E-state index < -0.39 is 0 Å². The molecule has 0 unspecified atom stereocenters. The summed E-state index contributed by atoms with van der Waals surface area (Å²) in [5, 5.41) is 7.09. The summed E-state index contributed by atoms with van der Waals surface area (Å²) < 4.78 is 5.18. The summed E-state index contributed by atoms with van der Waals surface area (Å²) in [6.07, 6.45) is 0. The van der Waals surface area contributed by atoms with Crippen LogP contribution in [-0.4, -0.2) is 22.3 Å². The van der Waals surface area contributed by atoms with Gasteiger partial charge in [-0.15, -0.1) is 0 Å². The summed E-state index contributed by atoms with van der Waals surface area (Å²) in [6.45, 7) is 4.11. The van der Waals surface area contributed by atoms with Crippen molar-refractivity contribution in [1.29, 1.82) is 0 Å². The summed E-state index contributed by atoms with van der Waals surface area (Å²) in [5.74, 6) is 2.45. The van der Waals surface area contributed by atoms with E-state index in [1.54, 1.807) is 7.11 Å². The molecule has 2 rings (SSSR count). The molecule has 1 aromatic heterocycles. The van der Waals surface area contributed by atoms with Crippen LogP contribution >= 0.6 is 0 Å². The predicted molar refractivity (Wildman–Crippen MR) is 70.1 cm³/mol. The molecule has 0 saturated carbocycles. The van der Waals surface area contributed by atoms with E-state index in [1.807, 2.05) is 24.3 Å². The molecule has 0 aliphatic carbocycles. The van der Waals surface area contributed by atoms with Crippen molar-refractivity contribution in [2.75, 3.05) is 7.11 Å². The average molecular weight is 246 g/mol. The van der Waals surface area contributed by atoms with E-state index in [0.29, 0.717) is 17.6 Å². The van der Waals surface area contributed by atoms with Crippen molar-refractivity contribution < 1.29 is 4.74 Å². The summed E-state index contributed by atoms with van der Waals surface area (Å²) in [5.41, 5.74) is 6.94. The molecule has 0 spiro atoms.